The van der Waals surface area contributed by atoms with Gasteiger partial charge in [0.1, 0.15) is 6.04 Å². The van der Waals surface area contributed by atoms with E-state index in [1.54, 1.807) is 0 Å². The highest BCUT2D eigenvalue weighted by molar-refractivity contribution is 5.90. The Labute approximate surface area is 129 Å². The van der Waals surface area contributed by atoms with E-state index in [1.807, 2.05) is 13.8 Å². The second-order valence-electron chi connectivity index (χ2n) is 6.37. The van der Waals surface area contributed by atoms with Crippen molar-refractivity contribution >= 4 is 17.7 Å². The molecule has 0 aromatic heterocycles. The summed E-state index contributed by atoms with van der Waals surface area (Å²) in [5.41, 5.74) is -0.404. The smallest absolute Gasteiger partial charge is 0.242 e. The lowest BCUT2D eigenvalue weighted by Gasteiger charge is -2.42. The fraction of sp³-hybridized carbons (Fsp3) is 0.786. The molecular formula is C14H24N4O4. The average molecular weight is 312 g/mol. The Balaban J connectivity index is 2.06. The van der Waals surface area contributed by atoms with E-state index in [0.29, 0.717) is 26.2 Å². The van der Waals surface area contributed by atoms with Crippen LogP contribution in [-0.2, 0) is 19.1 Å². The van der Waals surface area contributed by atoms with Gasteiger partial charge in [0.2, 0.25) is 17.7 Å². The highest BCUT2D eigenvalue weighted by Gasteiger charge is 2.39. The molecule has 0 saturated carbocycles. The van der Waals surface area contributed by atoms with Crippen LogP contribution < -0.4 is 21.3 Å². The van der Waals surface area contributed by atoms with E-state index in [4.69, 9.17) is 4.74 Å². The van der Waals surface area contributed by atoms with Crippen LogP contribution >= 0.6 is 0 Å². The summed E-state index contributed by atoms with van der Waals surface area (Å²) in [6.07, 6.45) is 0.544. The Morgan fingerprint density at radius 3 is 2.45 bits per heavy atom. The fourth-order valence-electron chi connectivity index (χ4n) is 2.45. The summed E-state index contributed by atoms with van der Waals surface area (Å²) in [7, 11) is 0. The van der Waals surface area contributed by atoms with Crippen LogP contribution in [0.25, 0.3) is 0 Å². The molecule has 4 N–H and O–H groups in total. The van der Waals surface area contributed by atoms with Crippen molar-refractivity contribution in [1.82, 2.24) is 21.3 Å². The second kappa shape index (κ2) is 7.06. The summed E-state index contributed by atoms with van der Waals surface area (Å²) in [6, 6.07) is -0.595. The van der Waals surface area contributed by atoms with Crippen molar-refractivity contribution in [3.63, 3.8) is 0 Å². The molecule has 0 aromatic rings. The Hall–Kier alpha value is -1.67. The molecule has 1 atom stereocenters. The number of rotatable bonds is 2. The minimum absolute atomic E-state index is 0.0853. The third kappa shape index (κ3) is 4.41. The summed E-state index contributed by atoms with van der Waals surface area (Å²) in [5, 5.41) is 11.2. The quantitative estimate of drug-likeness (QED) is 0.477. The van der Waals surface area contributed by atoms with Crippen molar-refractivity contribution in [2.75, 3.05) is 32.8 Å². The zero-order chi connectivity index (χ0) is 16.2. The molecule has 8 nitrogen and oxygen atoms in total. The third-order valence-electron chi connectivity index (χ3n) is 3.79. The van der Waals surface area contributed by atoms with E-state index in [9.17, 15) is 14.4 Å². The van der Waals surface area contributed by atoms with Gasteiger partial charge in [0.25, 0.3) is 0 Å². The average Bonchev–Trinajstić information content (AvgIpc) is 2.41. The fourth-order valence-corrected chi connectivity index (χ4v) is 2.45. The van der Waals surface area contributed by atoms with Crippen LogP contribution in [0, 0.1) is 5.92 Å². The molecule has 2 heterocycles. The number of nitrogens with one attached hydrogen (secondary N) is 4. The Morgan fingerprint density at radius 2 is 1.86 bits per heavy atom. The van der Waals surface area contributed by atoms with Gasteiger partial charge in [-0.1, -0.05) is 13.8 Å². The highest BCUT2D eigenvalue weighted by atomic mass is 16.5. The number of hydrogen-bond acceptors (Lipinski definition) is 5. The van der Waals surface area contributed by atoms with Gasteiger partial charge in [-0.05, 0) is 12.3 Å². The van der Waals surface area contributed by atoms with Crippen LogP contribution in [-0.4, -0.2) is 62.2 Å². The first-order chi connectivity index (χ1) is 10.4. The molecule has 2 rings (SSSR count). The second-order valence-corrected chi connectivity index (χ2v) is 6.37. The molecule has 0 aromatic carbocycles. The largest absolute Gasteiger partial charge is 0.377 e. The van der Waals surface area contributed by atoms with Crippen molar-refractivity contribution in [1.29, 1.82) is 0 Å². The monoisotopic (exact) mass is 312 g/mol. The van der Waals surface area contributed by atoms with Gasteiger partial charge in [-0.3, -0.25) is 19.7 Å². The van der Waals surface area contributed by atoms with Crippen LogP contribution in [0.2, 0.25) is 0 Å². The van der Waals surface area contributed by atoms with E-state index in [2.05, 4.69) is 21.3 Å². The van der Waals surface area contributed by atoms with Crippen LogP contribution in [0.1, 0.15) is 20.3 Å². The summed E-state index contributed by atoms with van der Waals surface area (Å²) in [6.45, 7) is 5.18. The summed E-state index contributed by atoms with van der Waals surface area (Å²) in [5.74, 6) is -0.565. The topological polar surface area (TPSA) is 109 Å². The van der Waals surface area contributed by atoms with Crippen molar-refractivity contribution in [2.45, 2.75) is 31.8 Å². The SMILES string of the molecule is CC(C)C[C@@H]1NC(=O)CNC(=O)CNC2(CNC1=O)COC2. The van der Waals surface area contributed by atoms with E-state index < -0.39 is 11.6 Å². The van der Waals surface area contributed by atoms with E-state index in [-0.39, 0.29) is 36.7 Å². The maximum atomic E-state index is 12.3. The van der Waals surface area contributed by atoms with Gasteiger partial charge in [-0.15, -0.1) is 0 Å². The van der Waals surface area contributed by atoms with Gasteiger partial charge in [0, 0.05) is 6.54 Å². The number of amides is 3. The van der Waals surface area contributed by atoms with Crippen LogP contribution in [0.5, 0.6) is 0 Å². The maximum Gasteiger partial charge on any atom is 0.242 e. The Bertz CT molecular complexity index is 448. The molecule has 8 heteroatoms. The molecule has 2 aliphatic rings. The highest BCUT2D eigenvalue weighted by Crippen LogP contribution is 2.16. The molecule has 0 radical (unpaired) electrons. The maximum absolute atomic E-state index is 12.3. The van der Waals surface area contributed by atoms with E-state index >= 15 is 0 Å². The molecule has 124 valence electrons. The van der Waals surface area contributed by atoms with Crippen LogP contribution in [0.15, 0.2) is 0 Å². The van der Waals surface area contributed by atoms with E-state index in [0.717, 1.165) is 0 Å². The first-order valence-corrected chi connectivity index (χ1v) is 7.57. The first-order valence-electron chi connectivity index (χ1n) is 7.57. The number of ether oxygens (including phenoxy) is 1. The normalized spacial score (nSPS) is 26.3. The van der Waals surface area contributed by atoms with Crippen molar-refractivity contribution in [3.8, 4) is 0 Å². The minimum atomic E-state index is -0.595. The Morgan fingerprint density at radius 1 is 1.14 bits per heavy atom. The third-order valence-corrected chi connectivity index (χ3v) is 3.79. The zero-order valence-corrected chi connectivity index (χ0v) is 13.0. The van der Waals surface area contributed by atoms with Gasteiger partial charge < -0.3 is 20.7 Å². The summed E-state index contributed by atoms with van der Waals surface area (Å²) >= 11 is 0. The first kappa shape index (κ1) is 16.7. The molecular weight excluding hydrogens is 288 g/mol. The zero-order valence-electron chi connectivity index (χ0n) is 13.0. The molecule has 22 heavy (non-hydrogen) atoms. The molecule has 0 aliphatic carbocycles. The predicted octanol–water partition coefficient (Wildman–Crippen LogP) is -1.88. The molecule has 3 amide bonds. The lowest BCUT2D eigenvalue weighted by molar-refractivity contribution is -0.133. The molecule has 2 saturated heterocycles. The van der Waals surface area contributed by atoms with Gasteiger partial charge in [0.05, 0.1) is 31.8 Å². The lowest BCUT2D eigenvalue weighted by atomic mass is 9.96. The molecule has 2 fully saturated rings. The van der Waals surface area contributed by atoms with Crippen LogP contribution in [0.3, 0.4) is 0 Å². The Kier molecular flexibility index (Phi) is 5.36. The van der Waals surface area contributed by atoms with Gasteiger partial charge in [0.15, 0.2) is 0 Å². The van der Waals surface area contributed by atoms with Crippen molar-refractivity contribution in [3.05, 3.63) is 0 Å². The molecule has 0 bridgehead atoms. The lowest BCUT2D eigenvalue weighted by Crippen LogP contribution is -2.68. The predicted molar refractivity (Wildman–Crippen MR) is 79.0 cm³/mol. The van der Waals surface area contributed by atoms with Crippen molar-refractivity contribution in [2.24, 2.45) is 5.92 Å². The molecule has 1 spiro atoms. The number of carbonyl (C=O) groups is 3. The van der Waals surface area contributed by atoms with Crippen LogP contribution in [0.4, 0.5) is 0 Å². The number of hydrogen-bond donors (Lipinski definition) is 4. The standard InChI is InChI=1S/C14H24N4O4/c1-9(2)3-10-13(21)16-6-14(7-22-8-14)17-5-11(19)15-4-12(20)18-10/h9-10,17H,3-8H2,1-2H3,(H,15,19)(H,16,21)(H,18,20)/t10-/m0/s1. The number of carbonyl (C=O) groups excluding carboxylic acids is 3. The van der Waals surface area contributed by atoms with Gasteiger partial charge >= 0.3 is 0 Å². The van der Waals surface area contributed by atoms with Gasteiger partial charge in [-0.2, -0.15) is 0 Å². The van der Waals surface area contributed by atoms with Crippen molar-refractivity contribution < 1.29 is 19.1 Å². The summed E-state index contributed by atoms with van der Waals surface area (Å²) < 4.78 is 5.20. The minimum Gasteiger partial charge on any atom is -0.377 e. The van der Waals surface area contributed by atoms with E-state index in [1.165, 1.54) is 0 Å². The summed E-state index contributed by atoms with van der Waals surface area (Å²) in [4.78, 5) is 35.9. The van der Waals surface area contributed by atoms with Gasteiger partial charge in [-0.25, -0.2) is 0 Å². The molecule has 2 aliphatic heterocycles. The molecule has 0 unspecified atom stereocenters.